The lowest BCUT2D eigenvalue weighted by Crippen LogP contribution is -2.13. The van der Waals surface area contributed by atoms with Crippen molar-refractivity contribution in [3.05, 3.63) is 75.7 Å². The van der Waals surface area contributed by atoms with E-state index in [0.29, 0.717) is 26.9 Å². The maximum absolute atomic E-state index is 11.5. The fraction of sp³-hybridized carbons (Fsp3) is 0. The number of carbonyl (C=O) groups excluding carboxylic acids is 1. The predicted molar refractivity (Wildman–Crippen MR) is 105 cm³/mol. The number of nitriles is 1. The molecule has 0 bridgehead atoms. The third-order valence-electron chi connectivity index (χ3n) is 3.56. The minimum atomic E-state index is -0.542. The van der Waals surface area contributed by atoms with Gasteiger partial charge in [0.15, 0.2) is 0 Å². The number of benzene rings is 2. The number of hydrogen-bond donors (Lipinski definition) is 2. The SMILES string of the molecule is N#CC(=CNc1ccccc1C(N)=O)c1nc(-c2ccc(Cl)cc2)cs1. The summed E-state index contributed by atoms with van der Waals surface area (Å²) >= 11 is 7.26. The van der Waals surface area contributed by atoms with E-state index in [2.05, 4.69) is 16.4 Å². The number of para-hydroxylation sites is 1. The van der Waals surface area contributed by atoms with Crippen LogP contribution >= 0.6 is 22.9 Å². The lowest BCUT2D eigenvalue weighted by Gasteiger charge is -2.06. The zero-order valence-electron chi connectivity index (χ0n) is 13.4. The Balaban J connectivity index is 1.86. The van der Waals surface area contributed by atoms with E-state index in [-0.39, 0.29) is 0 Å². The summed E-state index contributed by atoms with van der Waals surface area (Å²) in [4.78, 5) is 16.0. The molecular weight excluding hydrogens is 368 g/mol. The van der Waals surface area contributed by atoms with Crippen molar-refractivity contribution in [3.8, 4) is 17.3 Å². The van der Waals surface area contributed by atoms with Crippen LogP contribution in [0.2, 0.25) is 5.02 Å². The number of primary amides is 1. The first-order valence-corrected chi connectivity index (χ1v) is 8.81. The van der Waals surface area contributed by atoms with Gasteiger partial charge in [0.25, 0.3) is 5.91 Å². The lowest BCUT2D eigenvalue weighted by molar-refractivity contribution is 0.100. The Bertz CT molecular complexity index is 1020. The van der Waals surface area contributed by atoms with Crippen molar-refractivity contribution in [2.24, 2.45) is 5.73 Å². The minimum Gasteiger partial charge on any atom is -0.366 e. The summed E-state index contributed by atoms with van der Waals surface area (Å²) in [5, 5.41) is 15.5. The minimum absolute atomic E-state index is 0.349. The molecule has 1 aromatic heterocycles. The molecule has 128 valence electrons. The monoisotopic (exact) mass is 380 g/mol. The van der Waals surface area contributed by atoms with Crippen molar-refractivity contribution in [1.82, 2.24) is 4.98 Å². The van der Waals surface area contributed by atoms with Crippen LogP contribution in [0.4, 0.5) is 5.69 Å². The fourth-order valence-corrected chi connectivity index (χ4v) is 3.19. The number of nitrogens with zero attached hydrogens (tertiary/aromatic N) is 2. The topological polar surface area (TPSA) is 91.8 Å². The van der Waals surface area contributed by atoms with Crippen molar-refractivity contribution in [1.29, 1.82) is 5.26 Å². The van der Waals surface area contributed by atoms with Crippen LogP contribution < -0.4 is 11.1 Å². The average molecular weight is 381 g/mol. The lowest BCUT2D eigenvalue weighted by atomic mass is 10.1. The Hall–Kier alpha value is -3.14. The highest BCUT2D eigenvalue weighted by atomic mass is 35.5. The molecule has 0 aliphatic rings. The van der Waals surface area contributed by atoms with Crippen LogP contribution in [0, 0.1) is 11.3 Å². The number of thiazole rings is 1. The van der Waals surface area contributed by atoms with Crippen LogP contribution in [-0.2, 0) is 0 Å². The maximum Gasteiger partial charge on any atom is 0.250 e. The van der Waals surface area contributed by atoms with E-state index < -0.39 is 5.91 Å². The van der Waals surface area contributed by atoms with Crippen molar-refractivity contribution in [2.75, 3.05) is 5.32 Å². The fourth-order valence-electron chi connectivity index (χ4n) is 2.27. The van der Waals surface area contributed by atoms with Gasteiger partial charge in [0.2, 0.25) is 0 Å². The quantitative estimate of drug-likeness (QED) is 0.635. The van der Waals surface area contributed by atoms with Crippen LogP contribution in [0.3, 0.4) is 0 Å². The third-order valence-corrected chi connectivity index (χ3v) is 4.69. The average Bonchev–Trinajstić information content (AvgIpc) is 3.13. The number of amides is 1. The first-order valence-electron chi connectivity index (χ1n) is 7.56. The molecule has 0 spiro atoms. The van der Waals surface area contributed by atoms with Gasteiger partial charge in [0.05, 0.1) is 16.9 Å². The summed E-state index contributed by atoms with van der Waals surface area (Å²) in [6, 6.07) is 16.3. The molecule has 1 heterocycles. The number of halogens is 1. The Morgan fingerprint density at radius 1 is 1.23 bits per heavy atom. The molecule has 5 nitrogen and oxygen atoms in total. The molecule has 7 heteroatoms. The molecule has 0 saturated heterocycles. The van der Waals surface area contributed by atoms with Crippen LogP contribution in [0.15, 0.2) is 60.1 Å². The summed E-state index contributed by atoms with van der Waals surface area (Å²) in [5.74, 6) is -0.542. The second kappa shape index (κ2) is 7.83. The summed E-state index contributed by atoms with van der Waals surface area (Å²) in [6.07, 6.45) is 1.52. The van der Waals surface area contributed by atoms with Gasteiger partial charge in [-0.25, -0.2) is 4.98 Å². The van der Waals surface area contributed by atoms with Crippen molar-refractivity contribution >= 4 is 40.1 Å². The molecule has 1 amide bonds. The molecular formula is C19H13ClN4OS. The van der Waals surface area contributed by atoms with E-state index in [9.17, 15) is 10.1 Å². The normalized spacial score (nSPS) is 11.0. The van der Waals surface area contributed by atoms with Crippen molar-refractivity contribution < 1.29 is 4.79 Å². The van der Waals surface area contributed by atoms with Gasteiger partial charge in [-0.05, 0) is 24.3 Å². The number of carbonyl (C=O) groups is 1. The summed E-state index contributed by atoms with van der Waals surface area (Å²) in [6.45, 7) is 0. The number of nitrogens with one attached hydrogen (secondary N) is 1. The van der Waals surface area contributed by atoms with E-state index in [4.69, 9.17) is 17.3 Å². The molecule has 0 fully saturated rings. The first kappa shape index (κ1) is 17.7. The standard InChI is InChI=1S/C19H13ClN4OS/c20-14-7-5-12(6-8-14)17-11-26-19(24-17)13(9-21)10-23-16-4-2-1-3-15(16)18(22)25/h1-8,10-11,23H,(H2,22,25). The van der Waals surface area contributed by atoms with E-state index in [1.165, 1.54) is 17.5 Å². The molecule has 26 heavy (non-hydrogen) atoms. The molecule has 0 atom stereocenters. The highest BCUT2D eigenvalue weighted by Crippen LogP contribution is 2.27. The zero-order valence-corrected chi connectivity index (χ0v) is 15.0. The van der Waals surface area contributed by atoms with E-state index in [1.807, 2.05) is 17.5 Å². The largest absolute Gasteiger partial charge is 0.366 e. The Kier molecular flexibility index (Phi) is 5.32. The summed E-state index contributed by atoms with van der Waals surface area (Å²) in [7, 11) is 0. The van der Waals surface area contributed by atoms with E-state index in [1.54, 1.807) is 36.4 Å². The van der Waals surface area contributed by atoms with Crippen molar-refractivity contribution in [3.63, 3.8) is 0 Å². The number of hydrogen-bond acceptors (Lipinski definition) is 5. The molecule has 3 rings (SSSR count). The number of anilines is 1. The molecule has 3 aromatic rings. The van der Waals surface area contributed by atoms with Gasteiger partial charge in [0, 0.05) is 22.2 Å². The molecule has 2 aromatic carbocycles. The molecule has 0 unspecified atom stereocenters. The number of nitrogens with two attached hydrogens (primary N) is 1. The second-order valence-electron chi connectivity index (χ2n) is 5.27. The van der Waals surface area contributed by atoms with Gasteiger partial charge in [0.1, 0.15) is 16.6 Å². The van der Waals surface area contributed by atoms with E-state index >= 15 is 0 Å². The number of rotatable bonds is 5. The van der Waals surface area contributed by atoms with Crippen molar-refractivity contribution in [2.45, 2.75) is 0 Å². The molecule has 0 aliphatic carbocycles. The summed E-state index contributed by atoms with van der Waals surface area (Å²) in [5.41, 5.74) is 8.28. The van der Waals surface area contributed by atoms with Gasteiger partial charge in [-0.1, -0.05) is 35.9 Å². The zero-order chi connectivity index (χ0) is 18.5. The Morgan fingerprint density at radius 3 is 2.65 bits per heavy atom. The second-order valence-corrected chi connectivity index (χ2v) is 6.56. The van der Waals surface area contributed by atoms with Crippen LogP contribution in [0.5, 0.6) is 0 Å². The van der Waals surface area contributed by atoms with Gasteiger partial charge < -0.3 is 11.1 Å². The van der Waals surface area contributed by atoms with Gasteiger partial charge >= 0.3 is 0 Å². The van der Waals surface area contributed by atoms with E-state index in [0.717, 1.165) is 11.3 Å². The smallest absolute Gasteiger partial charge is 0.250 e. The van der Waals surface area contributed by atoms with Crippen LogP contribution in [-0.4, -0.2) is 10.9 Å². The number of aromatic nitrogens is 1. The molecule has 0 radical (unpaired) electrons. The van der Waals surface area contributed by atoms with Crippen LogP contribution in [0.25, 0.3) is 16.8 Å². The van der Waals surface area contributed by atoms with Crippen LogP contribution in [0.1, 0.15) is 15.4 Å². The Morgan fingerprint density at radius 2 is 1.96 bits per heavy atom. The molecule has 0 saturated carbocycles. The highest BCUT2D eigenvalue weighted by Gasteiger charge is 2.10. The van der Waals surface area contributed by atoms with Gasteiger partial charge in [-0.3, -0.25) is 4.79 Å². The van der Waals surface area contributed by atoms with Gasteiger partial charge in [-0.2, -0.15) is 5.26 Å². The number of allylic oxidation sites excluding steroid dienone is 1. The van der Waals surface area contributed by atoms with Gasteiger partial charge in [-0.15, -0.1) is 11.3 Å². The highest BCUT2D eigenvalue weighted by molar-refractivity contribution is 7.11. The summed E-state index contributed by atoms with van der Waals surface area (Å²) < 4.78 is 0. The maximum atomic E-state index is 11.5. The molecule has 0 aliphatic heterocycles. The predicted octanol–water partition coefficient (Wildman–Crippen LogP) is 4.54. The Labute approximate surface area is 159 Å². The third kappa shape index (κ3) is 3.91. The first-order chi connectivity index (χ1) is 12.6. The molecule has 3 N–H and O–H groups in total.